The van der Waals surface area contributed by atoms with Crippen LogP contribution < -0.4 is 5.32 Å². The normalized spacial score (nSPS) is 23.1. The van der Waals surface area contributed by atoms with Crippen molar-refractivity contribution >= 4 is 16.9 Å². The topological polar surface area (TPSA) is 70.4 Å². The Morgan fingerprint density at radius 2 is 2.41 bits per heavy atom. The number of amidine groups is 1. The lowest BCUT2D eigenvalue weighted by molar-refractivity contribution is 0.434. The molecule has 1 aromatic rings. The van der Waals surface area contributed by atoms with E-state index in [1.54, 1.807) is 11.8 Å². The Kier molecular flexibility index (Phi) is 2.88. The van der Waals surface area contributed by atoms with E-state index in [1.807, 2.05) is 0 Å². The zero-order chi connectivity index (χ0) is 11.7. The standard InChI is InChI=1S/C11H14N4OS/c16-9-6-13-10-7(14-9)2-1-3-8(10)15-11-12-4-5-17-11/h6,8H,1-5H2,(H,12,15)(H,14,16). The van der Waals surface area contributed by atoms with E-state index in [4.69, 9.17) is 0 Å². The summed E-state index contributed by atoms with van der Waals surface area (Å²) in [6.45, 7) is 0.897. The third-order valence-electron chi connectivity index (χ3n) is 2.98. The molecule has 0 fully saturated rings. The van der Waals surface area contributed by atoms with Gasteiger partial charge in [0.25, 0.3) is 0 Å². The van der Waals surface area contributed by atoms with E-state index in [9.17, 15) is 5.11 Å². The van der Waals surface area contributed by atoms with Crippen LogP contribution in [0.5, 0.6) is 5.88 Å². The van der Waals surface area contributed by atoms with Crippen molar-refractivity contribution < 1.29 is 5.11 Å². The van der Waals surface area contributed by atoms with Gasteiger partial charge in [0.15, 0.2) is 5.17 Å². The Labute approximate surface area is 104 Å². The van der Waals surface area contributed by atoms with Crippen molar-refractivity contribution in [3.8, 4) is 5.88 Å². The van der Waals surface area contributed by atoms with Crippen LogP contribution in [-0.2, 0) is 6.42 Å². The first-order chi connectivity index (χ1) is 8.33. The van der Waals surface area contributed by atoms with Crippen LogP contribution in [-0.4, -0.2) is 32.5 Å². The van der Waals surface area contributed by atoms with Crippen LogP contribution in [0.1, 0.15) is 30.3 Å². The summed E-state index contributed by atoms with van der Waals surface area (Å²) in [5.74, 6) is 1.07. The van der Waals surface area contributed by atoms with Crippen LogP contribution in [0, 0.1) is 0 Å². The molecule has 0 radical (unpaired) electrons. The van der Waals surface area contributed by atoms with Crippen LogP contribution in [0.2, 0.25) is 0 Å². The van der Waals surface area contributed by atoms with Crippen LogP contribution in [0.4, 0.5) is 0 Å². The smallest absolute Gasteiger partial charge is 0.230 e. The molecule has 17 heavy (non-hydrogen) atoms. The first-order valence-electron chi connectivity index (χ1n) is 5.81. The van der Waals surface area contributed by atoms with E-state index in [2.05, 4.69) is 20.3 Å². The molecular formula is C11H14N4OS. The number of fused-ring (bicyclic) bond motifs is 1. The van der Waals surface area contributed by atoms with Gasteiger partial charge in [0.05, 0.1) is 30.2 Å². The van der Waals surface area contributed by atoms with Crippen LogP contribution in [0.25, 0.3) is 0 Å². The lowest BCUT2D eigenvalue weighted by Gasteiger charge is -2.24. The number of aromatic hydroxyl groups is 1. The van der Waals surface area contributed by atoms with E-state index in [-0.39, 0.29) is 11.9 Å². The Balaban J connectivity index is 1.83. The molecule has 2 heterocycles. The second-order valence-corrected chi connectivity index (χ2v) is 5.27. The average Bonchev–Trinajstić information content (AvgIpc) is 2.82. The summed E-state index contributed by atoms with van der Waals surface area (Å²) in [5.41, 5.74) is 1.88. The molecule has 0 aromatic carbocycles. The van der Waals surface area contributed by atoms with E-state index in [0.717, 1.165) is 48.1 Å². The highest BCUT2D eigenvalue weighted by Gasteiger charge is 2.24. The third kappa shape index (κ3) is 2.22. The predicted molar refractivity (Wildman–Crippen MR) is 67.3 cm³/mol. The van der Waals surface area contributed by atoms with Gasteiger partial charge < -0.3 is 10.4 Å². The molecule has 3 rings (SSSR count). The van der Waals surface area contributed by atoms with Crippen molar-refractivity contribution in [2.45, 2.75) is 25.3 Å². The SMILES string of the molecule is Oc1cnc2c(n1)CCCC2NC1=NCCS1. The predicted octanol–water partition coefficient (Wildman–Crippen LogP) is 1.25. The van der Waals surface area contributed by atoms with Crippen molar-refractivity contribution in [1.82, 2.24) is 15.3 Å². The highest BCUT2D eigenvalue weighted by molar-refractivity contribution is 8.14. The first-order valence-corrected chi connectivity index (χ1v) is 6.80. The molecule has 6 heteroatoms. The highest BCUT2D eigenvalue weighted by Crippen LogP contribution is 2.28. The molecule has 1 aromatic heterocycles. The molecule has 0 spiro atoms. The summed E-state index contributed by atoms with van der Waals surface area (Å²) < 4.78 is 0. The second-order valence-electron chi connectivity index (χ2n) is 4.18. The fraction of sp³-hybridized carbons (Fsp3) is 0.545. The van der Waals surface area contributed by atoms with Crippen molar-refractivity contribution in [3.05, 3.63) is 17.6 Å². The lowest BCUT2D eigenvalue weighted by atomic mass is 9.95. The molecule has 2 N–H and O–H groups in total. The Bertz CT molecular complexity index is 463. The third-order valence-corrected chi connectivity index (χ3v) is 3.89. The number of nitrogens with one attached hydrogen (secondary N) is 1. The number of nitrogens with zero attached hydrogens (tertiary/aromatic N) is 3. The van der Waals surface area contributed by atoms with Gasteiger partial charge in [-0.05, 0) is 19.3 Å². The van der Waals surface area contributed by atoms with E-state index in [0.29, 0.717) is 0 Å². The van der Waals surface area contributed by atoms with Crippen LogP contribution in [0.3, 0.4) is 0 Å². The molecule has 0 saturated carbocycles. The molecule has 90 valence electrons. The van der Waals surface area contributed by atoms with Gasteiger partial charge in [-0.25, -0.2) is 4.98 Å². The molecule has 1 unspecified atom stereocenters. The minimum absolute atomic E-state index is 0.0111. The van der Waals surface area contributed by atoms with Gasteiger partial charge in [-0.15, -0.1) is 0 Å². The maximum absolute atomic E-state index is 9.34. The van der Waals surface area contributed by atoms with Gasteiger partial charge >= 0.3 is 0 Å². The maximum Gasteiger partial charge on any atom is 0.230 e. The van der Waals surface area contributed by atoms with Crippen molar-refractivity contribution in [3.63, 3.8) is 0 Å². The lowest BCUT2D eigenvalue weighted by Crippen LogP contribution is -2.29. The molecule has 1 aliphatic carbocycles. The van der Waals surface area contributed by atoms with Gasteiger partial charge in [-0.2, -0.15) is 0 Å². The summed E-state index contributed by atoms with van der Waals surface area (Å²) in [5, 5.41) is 13.8. The molecule has 0 bridgehead atoms. The fourth-order valence-corrected chi connectivity index (χ4v) is 3.01. The van der Waals surface area contributed by atoms with Gasteiger partial charge in [-0.1, -0.05) is 11.8 Å². The second kappa shape index (κ2) is 4.52. The van der Waals surface area contributed by atoms with Crippen molar-refractivity contribution in [1.29, 1.82) is 0 Å². The van der Waals surface area contributed by atoms with Crippen LogP contribution in [0.15, 0.2) is 11.2 Å². The molecule has 0 saturated heterocycles. The number of hydrogen-bond donors (Lipinski definition) is 2. The van der Waals surface area contributed by atoms with Crippen molar-refractivity contribution in [2.24, 2.45) is 4.99 Å². The number of rotatable bonds is 1. The fourth-order valence-electron chi connectivity index (χ4n) is 2.22. The molecule has 1 atom stereocenters. The first kappa shape index (κ1) is 10.8. The molecule has 2 aliphatic rings. The minimum Gasteiger partial charge on any atom is -0.492 e. The summed E-state index contributed by atoms with van der Waals surface area (Å²) in [4.78, 5) is 12.8. The zero-order valence-corrected chi connectivity index (χ0v) is 10.2. The monoisotopic (exact) mass is 250 g/mol. The number of aliphatic imine (C=N–C) groups is 1. The number of hydrogen-bond acceptors (Lipinski definition) is 6. The summed E-state index contributed by atoms with van der Waals surface area (Å²) in [6.07, 6.45) is 4.43. The summed E-state index contributed by atoms with van der Waals surface area (Å²) >= 11 is 1.76. The summed E-state index contributed by atoms with van der Waals surface area (Å²) in [6, 6.07) is 0.191. The van der Waals surface area contributed by atoms with Gasteiger partial charge in [0.2, 0.25) is 5.88 Å². The van der Waals surface area contributed by atoms with Gasteiger partial charge in [0, 0.05) is 5.75 Å². The van der Waals surface area contributed by atoms with Crippen LogP contribution >= 0.6 is 11.8 Å². The average molecular weight is 250 g/mol. The quantitative estimate of drug-likeness (QED) is 0.785. The zero-order valence-electron chi connectivity index (χ0n) is 9.39. The Hall–Kier alpha value is -1.30. The molecule has 0 amide bonds. The highest BCUT2D eigenvalue weighted by atomic mass is 32.2. The Morgan fingerprint density at radius 3 is 3.24 bits per heavy atom. The number of aromatic nitrogens is 2. The van der Waals surface area contributed by atoms with E-state index < -0.39 is 0 Å². The number of thioether (sulfide) groups is 1. The van der Waals surface area contributed by atoms with Crippen molar-refractivity contribution in [2.75, 3.05) is 12.3 Å². The Morgan fingerprint density at radius 1 is 1.47 bits per heavy atom. The van der Waals surface area contributed by atoms with Gasteiger partial charge in [0.1, 0.15) is 0 Å². The molecule has 1 aliphatic heterocycles. The summed E-state index contributed by atoms with van der Waals surface area (Å²) in [7, 11) is 0. The van der Waals surface area contributed by atoms with E-state index in [1.165, 1.54) is 6.20 Å². The van der Waals surface area contributed by atoms with Gasteiger partial charge in [-0.3, -0.25) is 9.98 Å². The van der Waals surface area contributed by atoms with E-state index >= 15 is 0 Å². The largest absolute Gasteiger partial charge is 0.492 e. The molecule has 5 nitrogen and oxygen atoms in total. The molecular weight excluding hydrogens is 236 g/mol. The number of aryl methyl sites for hydroxylation is 1. The minimum atomic E-state index is 0.0111. The maximum atomic E-state index is 9.34.